The Bertz CT molecular complexity index is 138. The maximum atomic E-state index is 10.5. The van der Waals surface area contributed by atoms with Crippen molar-refractivity contribution in [3.05, 3.63) is 0 Å². The monoisotopic (exact) mass is 157 g/mol. The molecule has 0 saturated carbocycles. The Balaban J connectivity index is 3.82. The second kappa shape index (κ2) is 3.74. The molecule has 1 amide bonds. The number of hydrogen-bond donors (Lipinski definition) is 1. The maximum Gasteiger partial charge on any atom is 0.217 e. The van der Waals surface area contributed by atoms with Gasteiger partial charge in [-0.3, -0.25) is 4.79 Å². The summed E-state index contributed by atoms with van der Waals surface area (Å²) in [6.45, 7) is 8.67. The standard InChI is InChI=1S/C9H19NO/c1-7(2)9(3,4)6-5-8(10)11/h7H,5-6H2,1-4H3,(H2,10,11). The molecule has 2 nitrogen and oxygen atoms in total. The van der Waals surface area contributed by atoms with Gasteiger partial charge in [-0.15, -0.1) is 0 Å². The molecule has 0 aromatic rings. The first-order valence-corrected chi connectivity index (χ1v) is 4.14. The van der Waals surface area contributed by atoms with Crippen molar-refractivity contribution in [2.75, 3.05) is 0 Å². The van der Waals surface area contributed by atoms with Crippen LogP contribution in [0.15, 0.2) is 0 Å². The lowest BCUT2D eigenvalue weighted by Crippen LogP contribution is -2.22. The van der Waals surface area contributed by atoms with Gasteiger partial charge in [-0.2, -0.15) is 0 Å². The predicted molar refractivity (Wildman–Crippen MR) is 47.0 cm³/mol. The molecule has 0 aliphatic heterocycles. The van der Waals surface area contributed by atoms with E-state index in [0.717, 1.165) is 6.42 Å². The van der Waals surface area contributed by atoms with E-state index in [4.69, 9.17) is 5.73 Å². The highest BCUT2D eigenvalue weighted by molar-refractivity contribution is 5.73. The minimum atomic E-state index is -0.196. The van der Waals surface area contributed by atoms with Crippen LogP contribution in [0.4, 0.5) is 0 Å². The SMILES string of the molecule is CC(C)C(C)(C)CCC(N)=O. The number of hydrogen-bond acceptors (Lipinski definition) is 1. The highest BCUT2D eigenvalue weighted by atomic mass is 16.1. The normalized spacial score (nSPS) is 12.1. The first kappa shape index (κ1) is 10.5. The minimum absolute atomic E-state index is 0.196. The Kier molecular flexibility index (Phi) is 3.56. The van der Waals surface area contributed by atoms with Crippen LogP contribution in [0.5, 0.6) is 0 Å². The van der Waals surface area contributed by atoms with E-state index in [-0.39, 0.29) is 11.3 Å². The predicted octanol–water partition coefficient (Wildman–Crippen LogP) is 1.93. The Labute approximate surface area is 69.2 Å². The van der Waals surface area contributed by atoms with Crippen molar-refractivity contribution < 1.29 is 4.79 Å². The largest absolute Gasteiger partial charge is 0.370 e. The summed E-state index contributed by atoms with van der Waals surface area (Å²) in [5.74, 6) is 0.403. The molecule has 2 N–H and O–H groups in total. The van der Waals surface area contributed by atoms with Crippen LogP contribution in [0.25, 0.3) is 0 Å². The van der Waals surface area contributed by atoms with Gasteiger partial charge in [-0.1, -0.05) is 27.7 Å². The topological polar surface area (TPSA) is 43.1 Å². The van der Waals surface area contributed by atoms with Gasteiger partial charge in [0.1, 0.15) is 0 Å². The van der Waals surface area contributed by atoms with E-state index in [9.17, 15) is 4.79 Å². The molecule has 0 fully saturated rings. The summed E-state index contributed by atoms with van der Waals surface area (Å²) in [7, 11) is 0. The zero-order valence-electron chi connectivity index (χ0n) is 7.98. The quantitative estimate of drug-likeness (QED) is 0.665. The molecule has 11 heavy (non-hydrogen) atoms. The molecule has 0 atom stereocenters. The third-order valence-corrected chi connectivity index (χ3v) is 2.58. The van der Waals surface area contributed by atoms with Gasteiger partial charge in [0.2, 0.25) is 5.91 Å². The van der Waals surface area contributed by atoms with Crippen molar-refractivity contribution in [2.45, 2.75) is 40.5 Å². The fourth-order valence-electron chi connectivity index (χ4n) is 0.734. The number of amides is 1. The molecule has 0 aromatic carbocycles. The molecule has 0 rings (SSSR count). The van der Waals surface area contributed by atoms with E-state index < -0.39 is 0 Å². The lowest BCUT2D eigenvalue weighted by Gasteiger charge is -2.28. The van der Waals surface area contributed by atoms with Crippen LogP contribution in [0.3, 0.4) is 0 Å². The fourth-order valence-corrected chi connectivity index (χ4v) is 0.734. The van der Waals surface area contributed by atoms with Crippen LogP contribution in [0.2, 0.25) is 0 Å². The first-order chi connectivity index (χ1) is 4.86. The molecule has 66 valence electrons. The van der Waals surface area contributed by atoms with E-state index >= 15 is 0 Å². The number of primary amides is 1. The van der Waals surface area contributed by atoms with Crippen molar-refractivity contribution in [3.63, 3.8) is 0 Å². The Morgan fingerprint density at radius 1 is 1.45 bits per heavy atom. The minimum Gasteiger partial charge on any atom is -0.370 e. The van der Waals surface area contributed by atoms with Crippen molar-refractivity contribution >= 4 is 5.91 Å². The van der Waals surface area contributed by atoms with Crippen LogP contribution < -0.4 is 5.73 Å². The fraction of sp³-hybridized carbons (Fsp3) is 0.889. The first-order valence-electron chi connectivity index (χ1n) is 4.14. The summed E-state index contributed by atoms with van der Waals surface area (Å²) < 4.78 is 0. The van der Waals surface area contributed by atoms with Crippen molar-refractivity contribution in [3.8, 4) is 0 Å². The number of carbonyl (C=O) groups is 1. The molecule has 0 saturated heterocycles. The summed E-state index contributed by atoms with van der Waals surface area (Å²) in [5, 5.41) is 0. The molecule has 0 heterocycles. The molecular formula is C9H19NO. The van der Waals surface area contributed by atoms with Gasteiger partial charge in [0.15, 0.2) is 0 Å². The van der Waals surface area contributed by atoms with Crippen molar-refractivity contribution in [1.29, 1.82) is 0 Å². The van der Waals surface area contributed by atoms with Crippen LogP contribution in [-0.2, 0) is 4.79 Å². The second-order valence-electron chi connectivity index (χ2n) is 4.11. The molecule has 0 bridgehead atoms. The highest BCUT2D eigenvalue weighted by Crippen LogP contribution is 2.30. The molecule has 0 spiro atoms. The summed E-state index contributed by atoms with van der Waals surface area (Å²) >= 11 is 0. The smallest absolute Gasteiger partial charge is 0.217 e. The van der Waals surface area contributed by atoms with Crippen molar-refractivity contribution in [2.24, 2.45) is 17.1 Å². The van der Waals surface area contributed by atoms with Crippen molar-refractivity contribution in [1.82, 2.24) is 0 Å². The van der Waals surface area contributed by atoms with Crippen LogP contribution in [0, 0.1) is 11.3 Å². The van der Waals surface area contributed by atoms with E-state index in [0.29, 0.717) is 12.3 Å². The lowest BCUT2D eigenvalue weighted by molar-refractivity contribution is -0.118. The van der Waals surface area contributed by atoms with Gasteiger partial charge >= 0.3 is 0 Å². The summed E-state index contributed by atoms with van der Waals surface area (Å²) in [6, 6.07) is 0. The van der Waals surface area contributed by atoms with E-state index in [1.54, 1.807) is 0 Å². The summed E-state index contributed by atoms with van der Waals surface area (Å²) in [6.07, 6.45) is 1.39. The average Bonchev–Trinajstić information content (AvgIpc) is 1.84. The zero-order valence-corrected chi connectivity index (χ0v) is 7.98. The number of carbonyl (C=O) groups excluding carboxylic acids is 1. The van der Waals surface area contributed by atoms with Crippen LogP contribution >= 0.6 is 0 Å². The molecule has 0 aromatic heterocycles. The molecular weight excluding hydrogens is 138 g/mol. The molecule has 2 heteroatoms. The highest BCUT2D eigenvalue weighted by Gasteiger charge is 2.22. The second-order valence-corrected chi connectivity index (χ2v) is 4.11. The van der Waals surface area contributed by atoms with Crippen LogP contribution in [0.1, 0.15) is 40.5 Å². The lowest BCUT2D eigenvalue weighted by atomic mass is 9.77. The maximum absolute atomic E-state index is 10.5. The number of nitrogens with two attached hydrogens (primary N) is 1. The van der Waals surface area contributed by atoms with Gasteiger partial charge in [0, 0.05) is 6.42 Å². The molecule has 0 aliphatic carbocycles. The third-order valence-electron chi connectivity index (χ3n) is 2.58. The van der Waals surface area contributed by atoms with Gasteiger partial charge in [-0.25, -0.2) is 0 Å². The average molecular weight is 157 g/mol. The van der Waals surface area contributed by atoms with E-state index in [1.165, 1.54) is 0 Å². The van der Waals surface area contributed by atoms with E-state index in [1.807, 2.05) is 0 Å². The molecule has 0 radical (unpaired) electrons. The Morgan fingerprint density at radius 2 is 1.91 bits per heavy atom. The summed E-state index contributed by atoms with van der Waals surface area (Å²) in [5.41, 5.74) is 5.29. The third kappa shape index (κ3) is 4.02. The Hall–Kier alpha value is -0.530. The summed E-state index contributed by atoms with van der Waals surface area (Å²) in [4.78, 5) is 10.5. The number of rotatable bonds is 4. The van der Waals surface area contributed by atoms with Gasteiger partial charge in [-0.05, 0) is 17.8 Å². The van der Waals surface area contributed by atoms with Gasteiger partial charge < -0.3 is 5.73 Å². The zero-order chi connectivity index (χ0) is 9.07. The van der Waals surface area contributed by atoms with Gasteiger partial charge in [0.25, 0.3) is 0 Å². The van der Waals surface area contributed by atoms with Gasteiger partial charge in [0.05, 0.1) is 0 Å². The van der Waals surface area contributed by atoms with Crippen LogP contribution in [-0.4, -0.2) is 5.91 Å². The van der Waals surface area contributed by atoms with E-state index in [2.05, 4.69) is 27.7 Å². The molecule has 0 unspecified atom stereocenters. The Morgan fingerprint density at radius 3 is 2.18 bits per heavy atom. The molecule has 0 aliphatic rings.